The average molecular weight is 489 g/mol. The van der Waals surface area contributed by atoms with Gasteiger partial charge >= 0.3 is 5.97 Å². The predicted octanol–water partition coefficient (Wildman–Crippen LogP) is 5.76. The van der Waals surface area contributed by atoms with Crippen LogP contribution in [0.15, 0.2) is 82.8 Å². The largest absolute Gasteiger partial charge is 0.462 e. The molecule has 0 spiro atoms. The summed E-state index contributed by atoms with van der Waals surface area (Å²) in [6.07, 6.45) is 2.32. The average Bonchev–Trinajstić information content (AvgIpc) is 2.80. The number of esters is 1. The quantitative estimate of drug-likeness (QED) is 0.260. The molecule has 3 aromatic rings. The summed E-state index contributed by atoms with van der Waals surface area (Å²) >= 11 is 3.56. The molecule has 0 aliphatic carbocycles. The number of nitrogens with one attached hydrogen (secondary N) is 1. The van der Waals surface area contributed by atoms with Crippen molar-refractivity contribution in [2.24, 2.45) is 0 Å². The van der Waals surface area contributed by atoms with Gasteiger partial charge in [-0.15, -0.1) is 0 Å². The van der Waals surface area contributed by atoms with Gasteiger partial charge in [0.05, 0.1) is 12.2 Å². The third-order valence-electron chi connectivity index (χ3n) is 4.66. The molecule has 0 unspecified atom stereocenters. The number of ether oxygens (including phenoxy) is 1. The Bertz CT molecular complexity index is 1180. The lowest BCUT2D eigenvalue weighted by Crippen LogP contribution is -2.13. The molecular weight excluding hydrogens is 468 g/mol. The van der Waals surface area contributed by atoms with Crippen molar-refractivity contribution in [1.29, 1.82) is 5.26 Å². The van der Waals surface area contributed by atoms with E-state index in [0.29, 0.717) is 17.9 Å². The summed E-state index contributed by atoms with van der Waals surface area (Å²) in [6.45, 7) is 2.02. The molecule has 5 nitrogen and oxygen atoms in total. The number of amides is 1. The maximum atomic E-state index is 12.5. The minimum atomic E-state index is -0.520. The number of carbonyl (C=O) groups is 2. The van der Waals surface area contributed by atoms with E-state index in [9.17, 15) is 14.9 Å². The molecule has 0 aliphatic rings. The summed E-state index contributed by atoms with van der Waals surface area (Å²) in [6, 6.07) is 24.0. The number of nitrogens with zero attached hydrogens (tertiary/aromatic N) is 1. The maximum Gasteiger partial charge on any atom is 0.338 e. The molecule has 0 fully saturated rings. The number of hydrogen-bond acceptors (Lipinski definition) is 4. The van der Waals surface area contributed by atoms with Crippen molar-refractivity contribution in [1.82, 2.24) is 0 Å². The van der Waals surface area contributed by atoms with Crippen LogP contribution in [0.4, 0.5) is 5.69 Å². The third kappa shape index (κ3) is 6.16. The fraction of sp³-hybridized carbons (Fsp3) is 0.115. The molecule has 3 rings (SSSR count). The monoisotopic (exact) mass is 488 g/mol. The van der Waals surface area contributed by atoms with Crippen LogP contribution in [0.5, 0.6) is 0 Å². The lowest BCUT2D eigenvalue weighted by atomic mass is 10.0. The highest BCUT2D eigenvalue weighted by Gasteiger charge is 2.11. The number of hydrogen-bond donors (Lipinski definition) is 1. The Kier molecular flexibility index (Phi) is 7.96. The molecular formula is C26H21BrN2O3. The van der Waals surface area contributed by atoms with Crippen LogP contribution in [-0.4, -0.2) is 18.5 Å². The second kappa shape index (κ2) is 11.1. The zero-order valence-electron chi connectivity index (χ0n) is 17.5. The topological polar surface area (TPSA) is 79.2 Å². The molecule has 0 aliphatic heterocycles. The highest BCUT2D eigenvalue weighted by Crippen LogP contribution is 2.20. The lowest BCUT2D eigenvalue weighted by Gasteiger charge is -2.07. The van der Waals surface area contributed by atoms with Crippen molar-refractivity contribution in [3.63, 3.8) is 0 Å². The fourth-order valence-corrected chi connectivity index (χ4v) is 3.44. The summed E-state index contributed by atoms with van der Waals surface area (Å²) in [7, 11) is 0. The van der Waals surface area contributed by atoms with Crippen molar-refractivity contribution in [3.8, 4) is 6.07 Å². The van der Waals surface area contributed by atoms with Gasteiger partial charge in [-0.1, -0.05) is 58.4 Å². The fourth-order valence-electron chi connectivity index (χ4n) is 3.01. The molecule has 0 heterocycles. The van der Waals surface area contributed by atoms with Crippen LogP contribution in [0.3, 0.4) is 0 Å². The normalized spacial score (nSPS) is 10.8. The Balaban J connectivity index is 1.67. The van der Waals surface area contributed by atoms with E-state index in [4.69, 9.17) is 4.74 Å². The summed E-state index contributed by atoms with van der Waals surface area (Å²) in [5, 5.41) is 12.1. The number of benzene rings is 3. The second-order valence-electron chi connectivity index (χ2n) is 6.93. The Morgan fingerprint density at radius 2 is 1.72 bits per heavy atom. The van der Waals surface area contributed by atoms with Crippen molar-refractivity contribution in [2.45, 2.75) is 13.3 Å². The highest BCUT2D eigenvalue weighted by atomic mass is 79.9. The molecule has 0 saturated heterocycles. The van der Waals surface area contributed by atoms with Gasteiger partial charge in [0, 0.05) is 10.2 Å². The molecule has 6 heteroatoms. The van der Waals surface area contributed by atoms with Gasteiger partial charge in [0.25, 0.3) is 5.91 Å². The van der Waals surface area contributed by atoms with Crippen LogP contribution in [0.25, 0.3) is 6.08 Å². The number of rotatable bonds is 7. The van der Waals surface area contributed by atoms with E-state index in [1.165, 1.54) is 5.56 Å². The van der Waals surface area contributed by atoms with Gasteiger partial charge in [-0.2, -0.15) is 5.26 Å². The van der Waals surface area contributed by atoms with Crippen LogP contribution >= 0.6 is 15.9 Å². The SMILES string of the molecule is CCOC(=O)c1ccc(NC(=O)/C(C#N)=C/c2ccc(Cc3ccccc3Br)cc2)cc1. The zero-order valence-corrected chi connectivity index (χ0v) is 19.1. The van der Waals surface area contributed by atoms with E-state index in [0.717, 1.165) is 22.0 Å². The molecule has 0 radical (unpaired) electrons. The number of nitriles is 1. The van der Waals surface area contributed by atoms with E-state index in [2.05, 4.69) is 27.3 Å². The smallest absolute Gasteiger partial charge is 0.338 e. The lowest BCUT2D eigenvalue weighted by molar-refractivity contribution is -0.112. The van der Waals surface area contributed by atoms with Crippen molar-refractivity contribution in [2.75, 3.05) is 11.9 Å². The highest BCUT2D eigenvalue weighted by molar-refractivity contribution is 9.10. The van der Waals surface area contributed by atoms with E-state index in [1.54, 1.807) is 37.3 Å². The first-order valence-corrected chi connectivity index (χ1v) is 10.8. The summed E-state index contributed by atoms with van der Waals surface area (Å²) in [5.74, 6) is -0.945. The van der Waals surface area contributed by atoms with Gasteiger partial charge in [-0.25, -0.2) is 4.79 Å². The van der Waals surface area contributed by atoms with Crippen LogP contribution in [0, 0.1) is 11.3 Å². The maximum absolute atomic E-state index is 12.5. The Morgan fingerprint density at radius 1 is 1.03 bits per heavy atom. The molecule has 0 aromatic heterocycles. The van der Waals surface area contributed by atoms with Crippen LogP contribution in [0.1, 0.15) is 34.0 Å². The van der Waals surface area contributed by atoms with Gasteiger partial charge in [0.1, 0.15) is 11.6 Å². The van der Waals surface area contributed by atoms with Gasteiger partial charge in [-0.05, 0) is 66.4 Å². The van der Waals surface area contributed by atoms with Crippen molar-refractivity contribution < 1.29 is 14.3 Å². The van der Waals surface area contributed by atoms with Crippen molar-refractivity contribution >= 4 is 39.6 Å². The first kappa shape index (κ1) is 23.0. The van der Waals surface area contributed by atoms with Crippen LogP contribution < -0.4 is 5.32 Å². The second-order valence-corrected chi connectivity index (χ2v) is 7.79. The molecule has 0 atom stereocenters. The molecule has 1 amide bonds. The number of anilines is 1. The summed E-state index contributed by atoms with van der Waals surface area (Å²) in [5.41, 5.74) is 3.92. The first-order valence-electron chi connectivity index (χ1n) is 10.0. The molecule has 0 saturated carbocycles. The Labute approximate surface area is 195 Å². The van der Waals surface area contributed by atoms with E-state index in [-0.39, 0.29) is 5.57 Å². The van der Waals surface area contributed by atoms with Crippen LogP contribution in [0.2, 0.25) is 0 Å². The minimum absolute atomic E-state index is 0.0157. The van der Waals surface area contributed by atoms with Gasteiger partial charge < -0.3 is 10.1 Å². The standard InChI is InChI=1S/C26H21BrN2O3/c1-2-32-26(31)20-11-13-23(14-12-20)29-25(30)22(17-28)16-19-9-7-18(8-10-19)15-21-5-3-4-6-24(21)27/h3-14,16H,2,15H2,1H3,(H,29,30)/b22-16+. The number of halogens is 1. The molecule has 32 heavy (non-hydrogen) atoms. The van der Waals surface area contributed by atoms with Crippen molar-refractivity contribution in [3.05, 3.63) is 105 Å². The van der Waals surface area contributed by atoms with Gasteiger partial charge in [0.15, 0.2) is 0 Å². The molecule has 0 bridgehead atoms. The Hall–Kier alpha value is -3.69. The molecule has 3 aromatic carbocycles. The van der Waals surface area contributed by atoms with E-state index in [1.807, 2.05) is 48.5 Å². The summed E-state index contributed by atoms with van der Waals surface area (Å²) < 4.78 is 6.00. The molecule has 160 valence electrons. The Morgan fingerprint density at radius 3 is 2.34 bits per heavy atom. The zero-order chi connectivity index (χ0) is 22.9. The molecule has 1 N–H and O–H groups in total. The summed E-state index contributed by atoms with van der Waals surface area (Å²) in [4.78, 5) is 24.2. The van der Waals surface area contributed by atoms with Gasteiger partial charge in [-0.3, -0.25) is 4.79 Å². The predicted molar refractivity (Wildman–Crippen MR) is 128 cm³/mol. The number of carbonyl (C=O) groups excluding carboxylic acids is 2. The first-order chi connectivity index (χ1) is 15.5. The van der Waals surface area contributed by atoms with Crippen LogP contribution in [-0.2, 0) is 16.0 Å². The van der Waals surface area contributed by atoms with E-state index >= 15 is 0 Å². The minimum Gasteiger partial charge on any atom is -0.462 e. The van der Waals surface area contributed by atoms with Gasteiger partial charge in [0.2, 0.25) is 0 Å². The van der Waals surface area contributed by atoms with E-state index < -0.39 is 11.9 Å². The third-order valence-corrected chi connectivity index (χ3v) is 5.44.